The average molecular weight is 179 g/mol. The highest BCUT2D eigenvalue weighted by Crippen LogP contribution is 2.24. The molecule has 0 atom stereocenters. The van der Waals surface area contributed by atoms with Gasteiger partial charge in [0.1, 0.15) is 11.9 Å². The quantitative estimate of drug-likeness (QED) is 0.623. The number of furan rings is 1. The van der Waals surface area contributed by atoms with Crippen molar-refractivity contribution in [3.63, 3.8) is 0 Å². The Morgan fingerprint density at radius 1 is 1.31 bits per heavy atom. The third-order valence-electron chi connectivity index (χ3n) is 1.76. The first kappa shape index (κ1) is 7.74. The maximum absolute atomic E-state index is 13.0. The molecule has 1 heterocycles. The zero-order chi connectivity index (χ0) is 9.42. The van der Waals surface area contributed by atoms with E-state index in [1.807, 2.05) is 0 Å². The van der Waals surface area contributed by atoms with E-state index in [0.717, 1.165) is 0 Å². The molecule has 0 aliphatic heterocycles. The van der Waals surface area contributed by atoms with Gasteiger partial charge in [-0.3, -0.25) is 0 Å². The summed E-state index contributed by atoms with van der Waals surface area (Å²) in [7, 11) is 0. The minimum absolute atomic E-state index is 0.0852. The summed E-state index contributed by atoms with van der Waals surface area (Å²) in [4.78, 5) is 0. The van der Waals surface area contributed by atoms with E-state index in [1.54, 1.807) is 6.07 Å². The molecule has 0 aliphatic rings. The summed E-state index contributed by atoms with van der Waals surface area (Å²) in [5.41, 5.74) is -0.275. The van der Waals surface area contributed by atoms with Crippen LogP contribution in [0.15, 0.2) is 22.8 Å². The summed E-state index contributed by atoms with van der Waals surface area (Å²) in [5.74, 6) is -1.66. The molecule has 0 saturated heterocycles. The molecule has 2 nitrogen and oxygen atoms in total. The van der Waals surface area contributed by atoms with Crippen LogP contribution in [0.4, 0.5) is 8.78 Å². The number of hydrogen-bond donors (Lipinski definition) is 0. The van der Waals surface area contributed by atoms with Crippen molar-refractivity contribution >= 4 is 11.0 Å². The molecule has 1 aromatic heterocycles. The van der Waals surface area contributed by atoms with Gasteiger partial charge in [0.05, 0.1) is 11.8 Å². The van der Waals surface area contributed by atoms with Crippen LogP contribution in [0.3, 0.4) is 0 Å². The number of nitrogens with zero attached hydrogens (tertiary/aromatic N) is 1. The summed E-state index contributed by atoms with van der Waals surface area (Å²) >= 11 is 0. The number of nitriles is 1. The molecule has 1 aromatic carbocycles. The third kappa shape index (κ3) is 0.975. The van der Waals surface area contributed by atoms with E-state index >= 15 is 0 Å². The molecule has 0 amide bonds. The van der Waals surface area contributed by atoms with Gasteiger partial charge in [0.2, 0.25) is 0 Å². The van der Waals surface area contributed by atoms with Gasteiger partial charge in [-0.15, -0.1) is 0 Å². The fourth-order valence-electron chi connectivity index (χ4n) is 1.18. The van der Waals surface area contributed by atoms with Gasteiger partial charge in [-0.1, -0.05) is 0 Å². The van der Waals surface area contributed by atoms with Gasteiger partial charge >= 0.3 is 0 Å². The highest BCUT2D eigenvalue weighted by atomic mass is 19.1. The maximum Gasteiger partial charge on any atom is 0.171 e. The van der Waals surface area contributed by atoms with Crippen molar-refractivity contribution < 1.29 is 13.2 Å². The molecule has 0 N–H and O–H groups in total. The molecule has 0 radical (unpaired) electrons. The van der Waals surface area contributed by atoms with E-state index in [0.29, 0.717) is 6.07 Å². The van der Waals surface area contributed by atoms with Crippen molar-refractivity contribution in [3.05, 3.63) is 35.6 Å². The van der Waals surface area contributed by atoms with Crippen LogP contribution >= 0.6 is 0 Å². The van der Waals surface area contributed by atoms with Crippen molar-refractivity contribution in [2.75, 3.05) is 0 Å². The van der Waals surface area contributed by atoms with Crippen LogP contribution in [0, 0.1) is 23.0 Å². The Morgan fingerprint density at radius 2 is 2.08 bits per heavy atom. The maximum atomic E-state index is 13.0. The summed E-state index contributed by atoms with van der Waals surface area (Å²) in [6.07, 6.45) is 1.22. The molecule has 4 heteroatoms. The second-order valence-corrected chi connectivity index (χ2v) is 2.49. The topological polar surface area (TPSA) is 36.9 Å². The molecule has 0 spiro atoms. The summed E-state index contributed by atoms with van der Waals surface area (Å²) in [6, 6.07) is 3.65. The largest absolute Gasteiger partial charge is 0.461 e. The summed E-state index contributed by atoms with van der Waals surface area (Å²) in [6.45, 7) is 0. The van der Waals surface area contributed by atoms with Gasteiger partial charge in [-0.05, 0) is 6.07 Å². The fourth-order valence-corrected chi connectivity index (χ4v) is 1.18. The van der Waals surface area contributed by atoms with Gasteiger partial charge < -0.3 is 4.42 Å². The molecule has 64 valence electrons. The number of hydrogen-bond acceptors (Lipinski definition) is 2. The lowest BCUT2D eigenvalue weighted by Crippen LogP contribution is -1.87. The van der Waals surface area contributed by atoms with Crippen LogP contribution in [0.5, 0.6) is 0 Å². The molecule has 0 fully saturated rings. The fraction of sp³-hybridized carbons (Fsp3) is 0. The standard InChI is InChI=1S/C9H3F2NO/c10-7-3-8(11)9-5(1-2-13-9)6(7)4-12/h1-3H. The predicted octanol–water partition coefficient (Wildman–Crippen LogP) is 2.58. The molecule has 2 rings (SSSR count). The molecule has 0 bridgehead atoms. The first-order valence-corrected chi connectivity index (χ1v) is 3.49. The minimum atomic E-state index is -0.867. The lowest BCUT2D eigenvalue weighted by atomic mass is 10.1. The normalized spacial score (nSPS) is 10.2. The minimum Gasteiger partial charge on any atom is -0.461 e. The number of fused-ring (bicyclic) bond motifs is 1. The monoisotopic (exact) mass is 179 g/mol. The summed E-state index contributed by atoms with van der Waals surface area (Å²) < 4.78 is 30.7. The van der Waals surface area contributed by atoms with E-state index < -0.39 is 11.6 Å². The van der Waals surface area contributed by atoms with Crippen LogP contribution in [0.1, 0.15) is 5.56 Å². The van der Waals surface area contributed by atoms with Crippen molar-refractivity contribution in [1.82, 2.24) is 0 Å². The molecule has 13 heavy (non-hydrogen) atoms. The van der Waals surface area contributed by atoms with E-state index in [4.69, 9.17) is 9.68 Å². The van der Waals surface area contributed by atoms with Gasteiger partial charge in [0.25, 0.3) is 0 Å². The Balaban J connectivity index is 2.99. The van der Waals surface area contributed by atoms with Crippen molar-refractivity contribution in [1.29, 1.82) is 5.26 Å². The highest BCUT2D eigenvalue weighted by molar-refractivity contribution is 5.84. The zero-order valence-electron chi connectivity index (χ0n) is 6.34. The Morgan fingerprint density at radius 3 is 2.77 bits per heavy atom. The van der Waals surface area contributed by atoms with E-state index in [9.17, 15) is 8.78 Å². The van der Waals surface area contributed by atoms with Crippen LogP contribution in [-0.4, -0.2) is 0 Å². The van der Waals surface area contributed by atoms with Crippen LogP contribution < -0.4 is 0 Å². The van der Waals surface area contributed by atoms with Gasteiger partial charge in [0.15, 0.2) is 11.4 Å². The molecular formula is C9H3F2NO. The van der Waals surface area contributed by atoms with Crippen LogP contribution in [0.25, 0.3) is 11.0 Å². The first-order chi connectivity index (χ1) is 6.24. The van der Waals surface area contributed by atoms with Gasteiger partial charge in [-0.2, -0.15) is 5.26 Å². The van der Waals surface area contributed by atoms with Crippen LogP contribution in [0.2, 0.25) is 0 Å². The molecule has 2 aromatic rings. The van der Waals surface area contributed by atoms with Crippen molar-refractivity contribution in [2.45, 2.75) is 0 Å². The second kappa shape index (κ2) is 2.56. The average Bonchev–Trinajstić information content (AvgIpc) is 2.53. The molecule has 0 aliphatic carbocycles. The van der Waals surface area contributed by atoms with Crippen LogP contribution in [-0.2, 0) is 0 Å². The van der Waals surface area contributed by atoms with E-state index in [2.05, 4.69) is 0 Å². The first-order valence-electron chi connectivity index (χ1n) is 3.49. The Bertz CT molecular complexity index is 510. The Hall–Kier alpha value is -1.89. The Labute approximate surface area is 72.0 Å². The SMILES string of the molecule is N#Cc1c(F)cc(F)c2occc12. The van der Waals surface area contributed by atoms with Crippen molar-refractivity contribution in [3.8, 4) is 6.07 Å². The van der Waals surface area contributed by atoms with Gasteiger partial charge in [-0.25, -0.2) is 8.78 Å². The van der Waals surface area contributed by atoms with E-state index in [1.165, 1.54) is 12.3 Å². The number of benzene rings is 1. The second-order valence-electron chi connectivity index (χ2n) is 2.49. The molecule has 0 unspecified atom stereocenters. The van der Waals surface area contributed by atoms with Gasteiger partial charge in [0, 0.05) is 11.5 Å². The number of halogens is 2. The smallest absolute Gasteiger partial charge is 0.171 e. The van der Waals surface area contributed by atoms with Crippen molar-refractivity contribution in [2.24, 2.45) is 0 Å². The predicted molar refractivity (Wildman–Crippen MR) is 40.8 cm³/mol. The zero-order valence-corrected chi connectivity index (χ0v) is 6.34. The Kier molecular flexibility index (Phi) is 1.52. The highest BCUT2D eigenvalue weighted by Gasteiger charge is 2.13. The van der Waals surface area contributed by atoms with E-state index in [-0.39, 0.29) is 16.5 Å². The molecule has 0 saturated carbocycles. The third-order valence-corrected chi connectivity index (χ3v) is 1.76. The lowest BCUT2D eigenvalue weighted by Gasteiger charge is -1.95. The lowest BCUT2D eigenvalue weighted by molar-refractivity contribution is 0.546. The summed E-state index contributed by atoms with van der Waals surface area (Å²) in [5, 5.41) is 8.74. The number of rotatable bonds is 0. The molecular weight excluding hydrogens is 176 g/mol.